The molecule has 0 aliphatic carbocycles. The van der Waals surface area contributed by atoms with Gasteiger partial charge in [-0.3, -0.25) is 0 Å². The Morgan fingerprint density at radius 1 is 1.35 bits per heavy atom. The topological polar surface area (TPSA) is 66.7 Å². The van der Waals surface area contributed by atoms with Gasteiger partial charge in [0, 0.05) is 24.9 Å². The first-order valence-electron chi connectivity index (χ1n) is 6.93. The molecule has 1 aliphatic heterocycles. The highest BCUT2D eigenvalue weighted by Gasteiger charge is 2.19. The fraction of sp³-hybridized carbons (Fsp3) is 0.333. The van der Waals surface area contributed by atoms with Crippen molar-refractivity contribution in [1.82, 2.24) is 20.3 Å². The Hall–Kier alpha value is -2.14. The second kappa shape index (κ2) is 4.45. The lowest BCUT2D eigenvalue weighted by molar-refractivity contribution is 0.561. The van der Waals surface area contributed by atoms with Gasteiger partial charge in [0.05, 0.1) is 11.9 Å². The van der Waals surface area contributed by atoms with Gasteiger partial charge in [-0.05, 0) is 25.1 Å². The highest BCUT2D eigenvalue weighted by molar-refractivity contribution is 5.79. The number of hydrogen-bond donors (Lipinski definition) is 2. The van der Waals surface area contributed by atoms with Crippen LogP contribution in [0.5, 0.6) is 0 Å². The molecule has 20 heavy (non-hydrogen) atoms. The zero-order valence-corrected chi connectivity index (χ0v) is 11.3. The predicted molar refractivity (Wildman–Crippen MR) is 76.6 cm³/mol. The average molecular weight is 268 g/mol. The fourth-order valence-electron chi connectivity index (χ4n) is 2.79. The van der Waals surface area contributed by atoms with Gasteiger partial charge in [0.15, 0.2) is 11.5 Å². The van der Waals surface area contributed by atoms with Crippen molar-refractivity contribution in [3.05, 3.63) is 36.1 Å². The van der Waals surface area contributed by atoms with Crippen molar-refractivity contribution < 1.29 is 4.42 Å². The van der Waals surface area contributed by atoms with Gasteiger partial charge in [-0.1, -0.05) is 6.07 Å². The van der Waals surface area contributed by atoms with E-state index in [0.717, 1.165) is 47.7 Å². The van der Waals surface area contributed by atoms with Gasteiger partial charge < -0.3 is 14.7 Å². The lowest BCUT2D eigenvalue weighted by Crippen LogP contribution is -2.08. The summed E-state index contributed by atoms with van der Waals surface area (Å²) in [6.45, 7) is 3.94. The molecule has 4 rings (SSSR count). The molecule has 0 amide bonds. The minimum atomic E-state index is 0.500. The number of H-pyrrole nitrogens is 1. The van der Waals surface area contributed by atoms with E-state index < -0.39 is 0 Å². The number of rotatable bonds is 2. The average Bonchev–Trinajstić information content (AvgIpc) is 3.17. The van der Waals surface area contributed by atoms with Crippen LogP contribution in [0.15, 0.2) is 28.8 Å². The number of nitrogens with zero attached hydrogens (tertiary/aromatic N) is 2. The largest absolute Gasteiger partial charge is 0.441 e. The van der Waals surface area contributed by atoms with Crippen LogP contribution in [0.2, 0.25) is 0 Å². The molecule has 0 saturated carbocycles. The third-order valence-electron chi connectivity index (χ3n) is 3.85. The first-order chi connectivity index (χ1) is 9.79. The molecule has 1 aromatic carbocycles. The van der Waals surface area contributed by atoms with Gasteiger partial charge in [-0.2, -0.15) is 0 Å². The van der Waals surface area contributed by atoms with Crippen molar-refractivity contribution >= 4 is 11.1 Å². The summed E-state index contributed by atoms with van der Waals surface area (Å²) in [6, 6.07) is 6.05. The lowest BCUT2D eigenvalue weighted by atomic mass is 10.1. The van der Waals surface area contributed by atoms with Gasteiger partial charge >= 0.3 is 0 Å². The van der Waals surface area contributed by atoms with Crippen molar-refractivity contribution in [3.8, 4) is 11.3 Å². The van der Waals surface area contributed by atoms with Crippen LogP contribution in [0.4, 0.5) is 0 Å². The monoisotopic (exact) mass is 268 g/mol. The molecular weight excluding hydrogens is 252 g/mol. The molecule has 1 fully saturated rings. The van der Waals surface area contributed by atoms with Crippen LogP contribution in [0.1, 0.15) is 24.1 Å². The second-order valence-corrected chi connectivity index (χ2v) is 5.29. The third-order valence-corrected chi connectivity index (χ3v) is 3.85. The predicted octanol–water partition coefficient (Wildman–Crippen LogP) is 2.60. The number of benzene rings is 1. The summed E-state index contributed by atoms with van der Waals surface area (Å²) in [6.07, 6.45) is 3.05. The van der Waals surface area contributed by atoms with Gasteiger partial charge in [-0.15, -0.1) is 0 Å². The number of aromatic amines is 1. The van der Waals surface area contributed by atoms with Crippen LogP contribution in [0, 0.1) is 6.92 Å². The number of imidazole rings is 1. The molecule has 2 aromatic heterocycles. The Morgan fingerprint density at radius 3 is 3.15 bits per heavy atom. The van der Waals surface area contributed by atoms with Gasteiger partial charge in [0.1, 0.15) is 11.3 Å². The molecule has 3 aromatic rings. The molecular formula is C15H16N4O. The van der Waals surface area contributed by atoms with E-state index in [1.165, 1.54) is 0 Å². The van der Waals surface area contributed by atoms with Crippen LogP contribution >= 0.6 is 0 Å². The minimum absolute atomic E-state index is 0.500. The van der Waals surface area contributed by atoms with Gasteiger partial charge in [0.2, 0.25) is 0 Å². The molecule has 0 bridgehead atoms. The molecule has 5 heteroatoms. The summed E-state index contributed by atoms with van der Waals surface area (Å²) in [5, 5.41) is 3.36. The van der Waals surface area contributed by atoms with Gasteiger partial charge in [0.25, 0.3) is 0 Å². The number of nitrogens with one attached hydrogen (secondary N) is 2. The van der Waals surface area contributed by atoms with Crippen LogP contribution < -0.4 is 5.32 Å². The summed E-state index contributed by atoms with van der Waals surface area (Å²) < 4.78 is 5.58. The Morgan fingerprint density at radius 2 is 2.30 bits per heavy atom. The summed E-state index contributed by atoms with van der Waals surface area (Å²) in [5.41, 5.74) is 3.82. The van der Waals surface area contributed by atoms with Crippen molar-refractivity contribution in [1.29, 1.82) is 0 Å². The number of aryl methyl sites for hydroxylation is 1. The smallest absolute Gasteiger partial charge is 0.192 e. The molecule has 1 unspecified atom stereocenters. The van der Waals surface area contributed by atoms with E-state index in [2.05, 4.69) is 26.3 Å². The number of oxazole rings is 1. The summed E-state index contributed by atoms with van der Waals surface area (Å²) in [7, 11) is 0. The lowest BCUT2D eigenvalue weighted by Gasteiger charge is -2.03. The number of hydrogen-bond acceptors (Lipinski definition) is 4. The van der Waals surface area contributed by atoms with E-state index in [-0.39, 0.29) is 0 Å². The SMILES string of the molecule is Cc1nc2ccc(-c3cnc(C4CCNC4)[nH]3)cc2o1. The van der Waals surface area contributed by atoms with Crippen molar-refractivity contribution in [3.63, 3.8) is 0 Å². The molecule has 5 nitrogen and oxygen atoms in total. The van der Waals surface area contributed by atoms with E-state index in [0.29, 0.717) is 11.8 Å². The maximum atomic E-state index is 5.58. The first kappa shape index (κ1) is 11.7. The molecule has 0 spiro atoms. The van der Waals surface area contributed by atoms with Crippen molar-refractivity contribution in [2.24, 2.45) is 0 Å². The summed E-state index contributed by atoms with van der Waals surface area (Å²) in [4.78, 5) is 12.3. The van der Waals surface area contributed by atoms with E-state index in [1.807, 2.05) is 25.3 Å². The van der Waals surface area contributed by atoms with Crippen LogP contribution in [0.25, 0.3) is 22.4 Å². The Labute approximate surface area is 116 Å². The van der Waals surface area contributed by atoms with E-state index >= 15 is 0 Å². The fourth-order valence-corrected chi connectivity index (χ4v) is 2.79. The normalized spacial score (nSPS) is 18.9. The zero-order chi connectivity index (χ0) is 13.5. The molecule has 1 aliphatic rings. The third kappa shape index (κ3) is 1.91. The maximum absolute atomic E-state index is 5.58. The first-order valence-corrected chi connectivity index (χ1v) is 6.93. The molecule has 1 atom stereocenters. The van der Waals surface area contributed by atoms with E-state index in [9.17, 15) is 0 Å². The molecule has 2 N–H and O–H groups in total. The molecule has 1 saturated heterocycles. The highest BCUT2D eigenvalue weighted by atomic mass is 16.3. The molecule has 102 valence electrons. The summed E-state index contributed by atoms with van der Waals surface area (Å²) in [5.74, 6) is 2.26. The summed E-state index contributed by atoms with van der Waals surface area (Å²) >= 11 is 0. The Balaban J connectivity index is 1.71. The van der Waals surface area contributed by atoms with Crippen LogP contribution in [0.3, 0.4) is 0 Å². The number of fused-ring (bicyclic) bond motifs is 1. The Kier molecular flexibility index (Phi) is 2.60. The van der Waals surface area contributed by atoms with Crippen LogP contribution in [-0.4, -0.2) is 28.0 Å². The van der Waals surface area contributed by atoms with Crippen molar-refractivity contribution in [2.45, 2.75) is 19.3 Å². The second-order valence-electron chi connectivity index (χ2n) is 5.29. The Bertz CT molecular complexity index is 752. The maximum Gasteiger partial charge on any atom is 0.192 e. The van der Waals surface area contributed by atoms with Crippen LogP contribution in [-0.2, 0) is 0 Å². The van der Waals surface area contributed by atoms with E-state index in [1.54, 1.807) is 0 Å². The molecule has 0 radical (unpaired) electrons. The highest BCUT2D eigenvalue weighted by Crippen LogP contribution is 2.26. The quantitative estimate of drug-likeness (QED) is 0.749. The molecule has 3 heterocycles. The van der Waals surface area contributed by atoms with Gasteiger partial charge in [-0.25, -0.2) is 9.97 Å². The minimum Gasteiger partial charge on any atom is -0.441 e. The van der Waals surface area contributed by atoms with E-state index in [4.69, 9.17) is 4.42 Å². The zero-order valence-electron chi connectivity index (χ0n) is 11.3. The number of aromatic nitrogens is 3. The standard InChI is InChI=1S/C15H16N4O/c1-9-18-12-3-2-10(6-14(12)20-9)13-8-17-15(19-13)11-4-5-16-7-11/h2-3,6,8,11,16H,4-5,7H2,1H3,(H,17,19). The van der Waals surface area contributed by atoms with Crippen molar-refractivity contribution in [2.75, 3.05) is 13.1 Å².